The van der Waals surface area contributed by atoms with E-state index in [0.717, 1.165) is 16.7 Å². The molecule has 104 valence electrons. The fourth-order valence-corrected chi connectivity index (χ4v) is 2.27. The van der Waals surface area contributed by atoms with E-state index in [1.165, 1.54) is 6.07 Å². The van der Waals surface area contributed by atoms with Crippen molar-refractivity contribution in [3.63, 3.8) is 0 Å². The van der Waals surface area contributed by atoms with Crippen molar-refractivity contribution in [1.29, 1.82) is 0 Å². The molecule has 3 aromatic rings. The third-order valence-corrected chi connectivity index (χ3v) is 3.32. The van der Waals surface area contributed by atoms with Crippen LogP contribution in [-0.2, 0) is 0 Å². The molecule has 0 saturated carbocycles. The molecule has 0 aliphatic rings. The zero-order chi connectivity index (χ0) is 14.8. The minimum Gasteiger partial charge on any atom is -0.399 e. The molecule has 21 heavy (non-hydrogen) atoms. The lowest BCUT2D eigenvalue weighted by atomic mass is 10.1. The Morgan fingerprint density at radius 1 is 1.05 bits per heavy atom. The normalized spacial score (nSPS) is 10.5. The number of nitrogens with one attached hydrogen (secondary N) is 1. The van der Waals surface area contributed by atoms with Crippen LogP contribution in [0, 0.1) is 6.92 Å². The van der Waals surface area contributed by atoms with E-state index in [9.17, 15) is 4.79 Å². The summed E-state index contributed by atoms with van der Waals surface area (Å²) in [5.41, 5.74) is 9.68. The monoisotopic (exact) mass is 277 g/mol. The van der Waals surface area contributed by atoms with Gasteiger partial charge in [0.1, 0.15) is 5.82 Å². The molecule has 0 radical (unpaired) electrons. The van der Waals surface area contributed by atoms with Gasteiger partial charge in [0.25, 0.3) is 5.56 Å². The number of nitrogens with two attached hydrogens (primary N) is 1. The third-order valence-electron chi connectivity index (χ3n) is 3.32. The molecule has 0 saturated heterocycles. The highest BCUT2D eigenvalue weighted by Crippen LogP contribution is 2.22. The first-order chi connectivity index (χ1) is 10.1. The number of hydrogen-bond donors (Lipinski definition) is 2. The highest BCUT2D eigenvalue weighted by atomic mass is 16.1. The summed E-state index contributed by atoms with van der Waals surface area (Å²) >= 11 is 0. The molecule has 3 N–H and O–H groups in total. The van der Waals surface area contributed by atoms with Crippen LogP contribution < -0.4 is 11.3 Å². The van der Waals surface area contributed by atoms with Gasteiger partial charge in [0, 0.05) is 22.9 Å². The number of nitrogen functional groups attached to an aromatic ring is 1. The van der Waals surface area contributed by atoms with E-state index in [2.05, 4.69) is 9.97 Å². The molecule has 2 aromatic carbocycles. The van der Waals surface area contributed by atoms with Gasteiger partial charge in [-0.15, -0.1) is 0 Å². The van der Waals surface area contributed by atoms with E-state index in [1.807, 2.05) is 49.4 Å². The number of nitrogens with zero attached hydrogens (tertiary/aromatic N) is 1. The van der Waals surface area contributed by atoms with Crippen molar-refractivity contribution in [2.24, 2.45) is 0 Å². The highest BCUT2D eigenvalue weighted by molar-refractivity contribution is 5.67. The predicted molar refractivity (Wildman–Crippen MR) is 84.9 cm³/mol. The Morgan fingerprint density at radius 3 is 2.62 bits per heavy atom. The molecular weight excluding hydrogens is 262 g/mol. The van der Waals surface area contributed by atoms with E-state index in [-0.39, 0.29) is 5.56 Å². The Balaban J connectivity index is 2.18. The third kappa shape index (κ3) is 2.69. The van der Waals surface area contributed by atoms with Gasteiger partial charge in [-0.05, 0) is 24.6 Å². The molecule has 0 aliphatic heterocycles. The summed E-state index contributed by atoms with van der Waals surface area (Å²) in [6, 6.07) is 16.6. The minimum atomic E-state index is -0.180. The number of rotatable bonds is 2. The number of anilines is 1. The van der Waals surface area contributed by atoms with Crippen LogP contribution in [0.2, 0.25) is 0 Å². The summed E-state index contributed by atoms with van der Waals surface area (Å²) in [6.45, 7) is 1.99. The maximum atomic E-state index is 11.9. The molecule has 0 bridgehead atoms. The van der Waals surface area contributed by atoms with Crippen molar-refractivity contribution >= 4 is 5.69 Å². The minimum absolute atomic E-state index is 0.180. The zero-order valence-electron chi connectivity index (χ0n) is 11.6. The predicted octanol–water partition coefficient (Wildman–Crippen LogP) is 2.99. The summed E-state index contributed by atoms with van der Waals surface area (Å²) in [5.74, 6) is 0.568. The van der Waals surface area contributed by atoms with Crippen LogP contribution in [0.3, 0.4) is 0 Å². The molecule has 1 heterocycles. The molecule has 0 unspecified atom stereocenters. The van der Waals surface area contributed by atoms with Crippen molar-refractivity contribution in [3.05, 3.63) is 70.5 Å². The fourth-order valence-electron chi connectivity index (χ4n) is 2.27. The first-order valence-corrected chi connectivity index (χ1v) is 6.67. The van der Waals surface area contributed by atoms with Crippen LogP contribution >= 0.6 is 0 Å². The number of aromatic nitrogens is 2. The summed E-state index contributed by atoms with van der Waals surface area (Å²) in [7, 11) is 0. The van der Waals surface area contributed by atoms with Crippen LogP contribution in [0.25, 0.3) is 22.6 Å². The van der Waals surface area contributed by atoms with Crippen molar-refractivity contribution in [3.8, 4) is 22.6 Å². The molecule has 4 heteroatoms. The smallest absolute Gasteiger partial charge is 0.251 e. The molecule has 0 atom stereocenters. The van der Waals surface area contributed by atoms with Crippen molar-refractivity contribution < 1.29 is 0 Å². The number of aryl methyl sites for hydroxylation is 1. The lowest BCUT2D eigenvalue weighted by Crippen LogP contribution is -2.09. The standard InChI is InChI=1S/C17H15N3O/c1-11-5-2-3-8-14(11)17-19-15(10-16(21)20-17)12-6-4-7-13(18)9-12/h2-10H,18H2,1H3,(H,19,20,21). The van der Waals surface area contributed by atoms with Crippen LogP contribution in [0.4, 0.5) is 5.69 Å². The van der Waals surface area contributed by atoms with Crippen LogP contribution in [0.15, 0.2) is 59.4 Å². The number of benzene rings is 2. The summed E-state index contributed by atoms with van der Waals surface area (Å²) < 4.78 is 0. The molecule has 0 fully saturated rings. The van der Waals surface area contributed by atoms with Gasteiger partial charge in [0.15, 0.2) is 0 Å². The maximum absolute atomic E-state index is 11.9. The first kappa shape index (κ1) is 13.1. The number of hydrogen-bond acceptors (Lipinski definition) is 3. The van der Waals surface area contributed by atoms with Gasteiger partial charge in [0.2, 0.25) is 0 Å². The first-order valence-electron chi connectivity index (χ1n) is 6.67. The van der Waals surface area contributed by atoms with Gasteiger partial charge in [-0.25, -0.2) is 4.98 Å². The Labute approximate surface area is 122 Å². The fraction of sp³-hybridized carbons (Fsp3) is 0.0588. The SMILES string of the molecule is Cc1ccccc1-c1nc(-c2cccc(N)c2)cc(=O)[nH]1. The van der Waals surface area contributed by atoms with E-state index in [4.69, 9.17) is 5.73 Å². The molecule has 0 aliphatic carbocycles. The average molecular weight is 277 g/mol. The highest BCUT2D eigenvalue weighted by Gasteiger charge is 2.08. The molecular formula is C17H15N3O. The van der Waals surface area contributed by atoms with Gasteiger partial charge in [-0.1, -0.05) is 36.4 Å². The Kier molecular flexibility index (Phi) is 3.28. The second kappa shape index (κ2) is 5.25. The quantitative estimate of drug-likeness (QED) is 0.707. The van der Waals surface area contributed by atoms with Crippen molar-refractivity contribution in [2.75, 3.05) is 5.73 Å². The largest absolute Gasteiger partial charge is 0.399 e. The second-order valence-electron chi connectivity index (χ2n) is 4.92. The number of H-pyrrole nitrogens is 1. The molecule has 0 amide bonds. The lowest BCUT2D eigenvalue weighted by Gasteiger charge is -2.07. The zero-order valence-corrected chi connectivity index (χ0v) is 11.6. The van der Waals surface area contributed by atoms with Gasteiger partial charge in [-0.2, -0.15) is 0 Å². The summed E-state index contributed by atoms with van der Waals surface area (Å²) in [4.78, 5) is 19.3. The van der Waals surface area contributed by atoms with E-state index in [0.29, 0.717) is 17.2 Å². The van der Waals surface area contributed by atoms with Crippen molar-refractivity contribution in [1.82, 2.24) is 9.97 Å². The molecule has 4 nitrogen and oxygen atoms in total. The Morgan fingerprint density at radius 2 is 1.86 bits per heavy atom. The lowest BCUT2D eigenvalue weighted by molar-refractivity contribution is 1.13. The average Bonchev–Trinajstić information content (AvgIpc) is 2.47. The second-order valence-corrected chi connectivity index (χ2v) is 4.92. The van der Waals surface area contributed by atoms with Gasteiger partial charge >= 0.3 is 0 Å². The number of aromatic amines is 1. The Hall–Kier alpha value is -2.88. The molecule has 0 spiro atoms. The topological polar surface area (TPSA) is 71.8 Å². The van der Waals surface area contributed by atoms with Crippen LogP contribution in [-0.4, -0.2) is 9.97 Å². The summed E-state index contributed by atoms with van der Waals surface area (Å²) in [5, 5.41) is 0. The maximum Gasteiger partial charge on any atom is 0.251 e. The molecule has 3 rings (SSSR count). The van der Waals surface area contributed by atoms with Gasteiger partial charge < -0.3 is 10.7 Å². The van der Waals surface area contributed by atoms with E-state index < -0.39 is 0 Å². The van der Waals surface area contributed by atoms with E-state index >= 15 is 0 Å². The van der Waals surface area contributed by atoms with Gasteiger partial charge in [0.05, 0.1) is 5.69 Å². The van der Waals surface area contributed by atoms with E-state index in [1.54, 1.807) is 6.07 Å². The Bertz CT molecular complexity index is 852. The molecule has 1 aromatic heterocycles. The van der Waals surface area contributed by atoms with Gasteiger partial charge in [-0.3, -0.25) is 4.79 Å². The van der Waals surface area contributed by atoms with Crippen LogP contribution in [0.1, 0.15) is 5.56 Å². The van der Waals surface area contributed by atoms with Crippen molar-refractivity contribution in [2.45, 2.75) is 6.92 Å². The summed E-state index contributed by atoms with van der Waals surface area (Å²) in [6.07, 6.45) is 0. The van der Waals surface area contributed by atoms with Crippen LogP contribution in [0.5, 0.6) is 0 Å².